The lowest BCUT2D eigenvalue weighted by atomic mass is 9.96. The molecule has 1 aromatic rings. The molecule has 2 rings (SSSR count). The third-order valence-electron chi connectivity index (χ3n) is 3.37. The van der Waals surface area contributed by atoms with Gasteiger partial charge in [0.1, 0.15) is 10.4 Å². The van der Waals surface area contributed by atoms with Crippen molar-refractivity contribution >= 4 is 21.9 Å². The maximum atomic E-state index is 11.6. The highest BCUT2D eigenvalue weighted by atomic mass is 79.9. The van der Waals surface area contributed by atoms with Crippen molar-refractivity contribution in [1.29, 1.82) is 0 Å². The fourth-order valence-corrected chi connectivity index (χ4v) is 3.05. The molecule has 1 aliphatic rings. The van der Waals surface area contributed by atoms with E-state index in [0.717, 1.165) is 41.9 Å². The predicted octanol–water partition coefficient (Wildman–Crippen LogP) is 2.58. The van der Waals surface area contributed by atoms with Crippen molar-refractivity contribution < 1.29 is 9.53 Å². The number of hydrogen-bond acceptors (Lipinski definition) is 3. The number of ether oxygens (including phenoxy) is 1. The molecular weight excluding hydrogens is 296 g/mol. The number of fused-ring (bicyclic) bond motifs is 1. The number of imidazole rings is 1. The van der Waals surface area contributed by atoms with Gasteiger partial charge in [0.05, 0.1) is 18.7 Å². The Morgan fingerprint density at radius 3 is 2.94 bits per heavy atom. The summed E-state index contributed by atoms with van der Waals surface area (Å²) in [5, 5.41) is 0. The monoisotopic (exact) mass is 314 g/mol. The van der Waals surface area contributed by atoms with Crippen molar-refractivity contribution in [2.75, 3.05) is 7.11 Å². The minimum Gasteiger partial charge on any atom is -0.469 e. The standard InChI is InChI=1S/C13H19BrN2O2/c1-8(2)6-11-15-12(14)10-7-9(13(17)18-3)4-5-16(10)11/h8-9H,4-7H2,1-3H3. The summed E-state index contributed by atoms with van der Waals surface area (Å²) >= 11 is 3.51. The van der Waals surface area contributed by atoms with E-state index >= 15 is 0 Å². The highest BCUT2D eigenvalue weighted by molar-refractivity contribution is 9.10. The zero-order valence-electron chi connectivity index (χ0n) is 11.1. The van der Waals surface area contributed by atoms with E-state index in [1.54, 1.807) is 0 Å². The van der Waals surface area contributed by atoms with Crippen LogP contribution in [0.4, 0.5) is 0 Å². The van der Waals surface area contributed by atoms with Gasteiger partial charge in [0.25, 0.3) is 0 Å². The van der Waals surface area contributed by atoms with Crippen molar-refractivity contribution in [1.82, 2.24) is 9.55 Å². The van der Waals surface area contributed by atoms with Gasteiger partial charge in [-0.15, -0.1) is 0 Å². The number of hydrogen-bond donors (Lipinski definition) is 0. The minimum absolute atomic E-state index is 0.0256. The van der Waals surface area contributed by atoms with Crippen LogP contribution in [0.25, 0.3) is 0 Å². The first kappa shape index (κ1) is 13.6. The third-order valence-corrected chi connectivity index (χ3v) is 4.00. The molecule has 0 saturated carbocycles. The van der Waals surface area contributed by atoms with Gasteiger partial charge >= 0.3 is 5.97 Å². The van der Waals surface area contributed by atoms with Crippen LogP contribution >= 0.6 is 15.9 Å². The molecule has 0 fully saturated rings. The molecule has 0 saturated heterocycles. The molecule has 0 amide bonds. The van der Waals surface area contributed by atoms with Crippen LogP contribution in [0.2, 0.25) is 0 Å². The average molecular weight is 315 g/mol. The van der Waals surface area contributed by atoms with Crippen LogP contribution in [0.5, 0.6) is 0 Å². The Bertz CT molecular complexity index is 454. The van der Waals surface area contributed by atoms with Crippen molar-refractivity contribution in [3.8, 4) is 0 Å². The number of halogens is 1. The Balaban J connectivity index is 2.23. The van der Waals surface area contributed by atoms with Crippen LogP contribution in [-0.2, 0) is 28.9 Å². The molecule has 0 bridgehead atoms. The molecule has 0 N–H and O–H groups in total. The molecule has 0 aromatic carbocycles. The second-order valence-corrected chi connectivity index (χ2v) is 5.98. The van der Waals surface area contributed by atoms with Gasteiger partial charge in [0.15, 0.2) is 0 Å². The zero-order valence-corrected chi connectivity index (χ0v) is 12.7. The molecule has 5 heteroatoms. The van der Waals surface area contributed by atoms with Gasteiger partial charge in [-0.2, -0.15) is 0 Å². The van der Waals surface area contributed by atoms with Crippen LogP contribution in [0, 0.1) is 11.8 Å². The number of esters is 1. The van der Waals surface area contributed by atoms with Crippen LogP contribution in [0.3, 0.4) is 0 Å². The van der Waals surface area contributed by atoms with Crippen molar-refractivity contribution in [2.45, 2.75) is 39.7 Å². The van der Waals surface area contributed by atoms with Gasteiger partial charge in [0, 0.05) is 19.4 Å². The SMILES string of the molecule is COC(=O)C1CCn2c(CC(C)C)nc(Br)c2C1. The fourth-order valence-electron chi connectivity index (χ4n) is 2.47. The lowest BCUT2D eigenvalue weighted by Gasteiger charge is -2.23. The Kier molecular flexibility index (Phi) is 4.10. The van der Waals surface area contributed by atoms with Gasteiger partial charge in [-0.1, -0.05) is 13.8 Å². The molecule has 4 nitrogen and oxygen atoms in total. The number of carbonyl (C=O) groups is 1. The number of aromatic nitrogens is 2. The van der Waals surface area contributed by atoms with Crippen LogP contribution in [-0.4, -0.2) is 22.6 Å². The number of rotatable bonds is 3. The van der Waals surface area contributed by atoms with E-state index in [2.05, 4.69) is 39.3 Å². The topological polar surface area (TPSA) is 44.1 Å². The molecule has 0 aliphatic carbocycles. The van der Waals surface area contributed by atoms with E-state index < -0.39 is 0 Å². The van der Waals surface area contributed by atoms with Gasteiger partial charge < -0.3 is 9.30 Å². The highest BCUT2D eigenvalue weighted by Crippen LogP contribution is 2.29. The molecule has 0 radical (unpaired) electrons. The first-order chi connectivity index (χ1) is 8.52. The quantitative estimate of drug-likeness (QED) is 0.805. The van der Waals surface area contributed by atoms with Gasteiger partial charge in [-0.05, 0) is 28.3 Å². The molecule has 2 heterocycles. The summed E-state index contributed by atoms with van der Waals surface area (Å²) in [6.45, 7) is 5.24. The lowest BCUT2D eigenvalue weighted by Crippen LogP contribution is -2.27. The molecule has 0 spiro atoms. The fraction of sp³-hybridized carbons (Fsp3) is 0.692. The van der Waals surface area contributed by atoms with E-state index in [0.29, 0.717) is 5.92 Å². The summed E-state index contributed by atoms with van der Waals surface area (Å²) < 4.78 is 7.97. The molecule has 100 valence electrons. The van der Waals surface area contributed by atoms with Gasteiger partial charge in [-0.3, -0.25) is 4.79 Å². The smallest absolute Gasteiger partial charge is 0.309 e. The molecule has 18 heavy (non-hydrogen) atoms. The Hall–Kier alpha value is -0.840. The summed E-state index contributed by atoms with van der Waals surface area (Å²) in [7, 11) is 1.45. The van der Waals surface area contributed by atoms with Crippen molar-refractivity contribution in [3.63, 3.8) is 0 Å². The Morgan fingerprint density at radius 1 is 1.61 bits per heavy atom. The maximum absolute atomic E-state index is 11.6. The lowest BCUT2D eigenvalue weighted by molar-refractivity contribution is -0.146. The van der Waals surface area contributed by atoms with Gasteiger partial charge in [-0.25, -0.2) is 4.98 Å². The summed E-state index contributed by atoms with van der Waals surface area (Å²) in [5.41, 5.74) is 1.13. The summed E-state index contributed by atoms with van der Waals surface area (Å²) in [5.74, 6) is 1.57. The van der Waals surface area contributed by atoms with E-state index in [-0.39, 0.29) is 11.9 Å². The van der Waals surface area contributed by atoms with E-state index in [4.69, 9.17) is 4.74 Å². The Labute approximate surface area is 116 Å². The van der Waals surface area contributed by atoms with Crippen molar-refractivity contribution in [3.05, 3.63) is 16.1 Å². The average Bonchev–Trinajstić information content (AvgIpc) is 2.64. The molecular formula is C13H19BrN2O2. The molecule has 1 aromatic heterocycles. The maximum Gasteiger partial charge on any atom is 0.309 e. The minimum atomic E-state index is -0.111. The van der Waals surface area contributed by atoms with E-state index in [9.17, 15) is 4.79 Å². The van der Waals surface area contributed by atoms with Crippen molar-refractivity contribution in [2.24, 2.45) is 11.8 Å². The number of nitrogens with zero attached hydrogens (tertiary/aromatic N) is 2. The second-order valence-electron chi connectivity index (χ2n) is 5.23. The summed E-state index contributed by atoms with van der Waals surface area (Å²) in [4.78, 5) is 16.2. The van der Waals surface area contributed by atoms with Crippen LogP contribution < -0.4 is 0 Å². The van der Waals surface area contributed by atoms with E-state index in [1.165, 1.54) is 7.11 Å². The second kappa shape index (κ2) is 5.43. The third kappa shape index (κ3) is 2.60. The first-order valence-electron chi connectivity index (χ1n) is 6.34. The van der Waals surface area contributed by atoms with Gasteiger partial charge in [0.2, 0.25) is 0 Å². The van der Waals surface area contributed by atoms with Crippen LogP contribution in [0.15, 0.2) is 4.60 Å². The van der Waals surface area contributed by atoms with Crippen LogP contribution in [0.1, 0.15) is 31.8 Å². The first-order valence-corrected chi connectivity index (χ1v) is 7.13. The molecule has 1 atom stereocenters. The zero-order chi connectivity index (χ0) is 13.3. The van der Waals surface area contributed by atoms with E-state index in [1.807, 2.05) is 0 Å². The molecule has 1 unspecified atom stereocenters. The Morgan fingerprint density at radius 2 is 2.33 bits per heavy atom. The molecule has 1 aliphatic heterocycles. The largest absolute Gasteiger partial charge is 0.469 e. The summed E-state index contributed by atoms with van der Waals surface area (Å²) in [6.07, 6.45) is 2.54. The summed E-state index contributed by atoms with van der Waals surface area (Å²) in [6, 6.07) is 0. The predicted molar refractivity (Wildman–Crippen MR) is 72.3 cm³/mol. The normalized spacial score (nSPS) is 18.8. The number of methoxy groups -OCH3 is 1. The highest BCUT2D eigenvalue weighted by Gasteiger charge is 2.29. The number of carbonyl (C=O) groups excluding carboxylic acids is 1.